The predicted molar refractivity (Wildman–Crippen MR) is 37.3 cm³/mol. The lowest BCUT2D eigenvalue weighted by Crippen LogP contribution is -1.95. The maximum Gasteiger partial charge on any atom is 0.0258 e. The van der Waals surface area contributed by atoms with Crippen molar-refractivity contribution in [1.29, 1.82) is 0 Å². The van der Waals surface area contributed by atoms with Crippen molar-refractivity contribution >= 4 is 11.6 Å². The van der Waals surface area contributed by atoms with Crippen molar-refractivity contribution in [2.75, 3.05) is 5.88 Å². The number of alkyl halides is 1. The van der Waals surface area contributed by atoms with Crippen LogP contribution in [-0.4, -0.2) is 5.88 Å². The zero-order valence-electron chi connectivity index (χ0n) is 4.99. The van der Waals surface area contributed by atoms with Gasteiger partial charge in [0.2, 0.25) is 0 Å². The lowest BCUT2D eigenvalue weighted by molar-refractivity contribution is 0.657. The Labute approximate surface area is 55.5 Å². The van der Waals surface area contributed by atoms with E-state index in [-0.39, 0.29) is 0 Å². The maximum absolute atomic E-state index is 5.48. The van der Waals surface area contributed by atoms with Crippen LogP contribution >= 0.6 is 11.6 Å². The minimum absolute atomic E-state index is 0.781. The van der Waals surface area contributed by atoms with Gasteiger partial charge in [-0.1, -0.05) is 11.6 Å². The number of hydrogen-bond donors (Lipinski definition) is 0. The topological polar surface area (TPSA) is 0 Å². The van der Waals surface area contributed by atoms with E-state index in [1.54, 1.807) is 5.57 Å². The summed E-state index contributed by atoms with van der Waals surface area (Å²) < 4.78 is 0. The van der Waals surface area contributed by atoms with Gasteiger partial charge in [-0.25, -0.2) is 0 Å². The van der Waals surface area contributed by atoms with Crippen LogP contribution < -0.4 is 0 Å². The summed E-state index contributed by atoms with van der Waals surface area (Å²) in [6.07, 6.45) is 7.40. The van der Waals surface area contributed by atoms with Crippen molar-refractivity contribution in [3.63, 3.8) is 0 Å². The molecule has 0 spiro atoms. The van der Waals surface area contributed by atoms with E-state index in [1.807, 2.05) is 0 Å². The predicted octanol–water partition coefficient (Wildman–Crippen LogP) is 2.73. The number of hydrogen-bond acceptors (Lipinski definition) is 0. The Morgan fingerprint density at radius 3 is 2.62 bits per heavy atom. The molecule has 0 aromatic carbocycles. The quantitative estimate of drug-likeness (QED) is 0.398. The molecule has 0 atom stereocenters. The van der Waals surface area contributed by atoms with Gasteiger partial charge >= 0.3 is 0 Å². The Bertz CT molecular complexity index is 88.6. The van der Waals surface area contributed by atoms with Gasteiger partial charge in [0.05, 0.1) is 0 Å². The zero-order chi connectivity index (χ0) is 5.82. The summed E-state index contributed by atoms with van der Waals surface area (Å²) in [6.45, 7) is 0. The summed E-state index contributed by atoms with van der Waals surface area (Å²) in [5.74, 6) is 0.781. The van der Waals surface area contributed by atoms with Gasteiger partial charge < -0.3 is 0 Å². The fraction of sp³-hybridized carbons (Fsp3) is 0.714. The summed E-state index contributed by atoms with van der Waals surface area (Å²) in [7, 11) is 0. The number of halogens is 1. The summed E-state index contributed by atoms with van der Waals surface area (Å²) in [5.41, 5.74) is 1.62. The van der Waals surface area contributed by atoms with E-state index in [9.17, 15) is 0 Å². The molecule has 0 nitrogen and oxygen atoms in total. The molecule has 1 heteroatoms. The molecule has 0 bridgehead atoms. The molecule has 0 N–H and O–H groups in total. The molecule has 0 aromatic heterocycles. The lowest BCUT2D eigenvalue weighted by atomic mass is 9.92. The monoisotopic (exact) mass is 130 g/mol. The van der Waals surface area contributed by atoms with E-state index in [4.69, 9.17) is 11.6 Å². The minimum Gasteiger partial charge on any atom is -0.126 e. The van der Waals surface area contributed by atoms with Gasteiger partial charge in [0.1, 0.15) is 0 Å². The second-order valence-electron chi connectivity index (χ2n) is 2.19. The van der Waals surface area contributed by atoms with Crippen LogP contribution in [0.15, 0.2) is 11.6 Å². The highest BCUT2D eigenvalue weighted by Crippen LogP contribution is 2.25. The molecular weight excluding hydrogens is 120 g/mol. The molecule has 1 rings (SSSR count). The van der Waals surface area contributed by atoms with Crippen molar-refractivity contribution in [2.45, 2.75) is 25.7 Å². The van der Waals surface area contributed by atoms with Crippen LogP contribution in [0, 0.1) is 0 Å². The van der Waals surface area contributed by atoms with Gasteiger partial charge in [0.15, 0.2) is 0 Å². The van der Waals surface area contributed by atoms with Crippen molar-refractivity contribution in [1.82, 2.24) is 0 Å². The summed E-state index contributed by atoms with van der Waals surface area (Å²) in [5, 5.41) is 0. The molecule has 0 aliphatic heterocycles. The minimum atomic E-state index is 0.781. The molecule has 0 aromatic rings. The molecule has 0 unspecified atom stereocenters. The summed E-state index contributed by atoms with van der Waals surface area (Å²) in [6, 6.07) is 0. The Morgan fingerprint density at radius 1 is 1.50 bits per heavy atom. The molecule has 1 aliphatic carbocycles. The molecule has 0 heterocycles. The highest BCUT2D eigenvalue weighted by atomic mass is 35.5. The van der Waals surface area contributed by atoms with Crippen molar-refractivity contribution in [3.05, 3.63) is 11.6 Å². The third kappa shape index (κ3) is 1.52. The van der Waals surface area contributed by atoms with Crippen molar-refractivity contribution in [3.8, 4) is 0 Å². The Kier molecular flexibility index (Phi) is 2.41. The van der Waals surface area contributed by atoms with E-state index < -0.39 is 0 Å². The smallest absolute Gasteiger partial charge is 0.0258 e. The standard InChI is InChI=1S/C7H11Cl/c8-6-2-5-7-3-1-4-7/h5H,1-4,6H2. The first kappa shape index (κ1) is 6.15. The van der Waals surface area contributed by atoms with Crippen molar-refractivity contribution in [2.24, 2.45) is 0 Å². The third-order valence-corrected chi connectivity index (χ3v) is 1.76. The van der Waals surface area contributed by atoms with Crippen LogP contribution in [0.2, 0.25) is 0 Å². The lowest BCUT2D eigenvalue weighted by Gasteiger charge is -2.15. The third-order valence-electron chi connectivity index (χ3n) is 1.54. The first-order valence-corrected chi connectivity index (χ1v) is 3.71. The molecule has 8 heavy (non-hydrogen) atoms. The molecule has 46 valence electrons. The van der Waals surface area contributed by atoms with Crippen LogP contribution in [0.5, 0.6) is 0 Å². The van der Waals surface area contributed by atoms with Gasteiger partial charge in [-0.15, -0.1) is 11.6 Å². The second-order valence-corrected chi connectivity index (χ2v) is 2.57. The normalized spacial score (nSPS) is 17.9. The number of allylic oxidation sites excluding steroid dienone is 2. The van der Waals surface area contributed by atoms with Crippen LogP contribution in [0.3, 0.4) is 0 Å². The molecular formula is C7H11Cl. The van der Waals surface area contributed by atoms with Crippen molar-refractivity contribution < 1.29 is 0 Å². The summed E-state index contributed by atoms with van der Waals surface area (Å²) >= 11 is 5.48. The average molecular weight is 131 g/mol. The highest BCUT2D eigenvalue weighted by Gasteiger charge is 2.05. The molecule has 0 amide bonds. The molecule has 0 saturated heterocycles. The first-order chi connectivity index (χ1) is 3.93. The van der Waals surface area contributed by atoms with Gasteiger partial charge in [0.25, 0.3) is 0 Å². The van der Waals surface area contributed by atoms with E-state index >= 15 is 0 Å². The molecule has 1 saturated carbocycles. The van der Waals surface area contributed by atoms with Gasteiger partial charge in [0, 0.05) is 5.88 Å². The largest absolute Gasteiger partial charge is 0.126 e. The van der Waals surface area contributed by atoms with E-state index in [1.165, 1.54) is 19.3 Å². The van der Waals surface area contributed by atoms with Crippen LogP contribution in [0.1, 0.15) is 25.7 Å². The molecule has 1 fully saturated rings. The van der Waals surface area contributed by atoms with Gasteiger partial charge in [-0.3, -0.25) is 0 Å². The Morgan fingerprint density at radius 2 is 2.25 bits per heavy atom. The number of rotatable bonds is 2. The van der Waals surface area contributed by atoms with Gasteiger partial charge in [-0.05, 0) is 25.7 Å². The van der Waals surface area contributed by atoms with E-state index in [0.717, 1.165) is 12.3 Å². The molecule has 0 radical (unpaired) electrons. The fourth-order valence-corrected chi connectivity index (χ4v) is 0.953. The second kappa shape index (κ2) is 3.13. The average Bonchev–Trinajstić information content (AvgIpc) is 1.63. The highest BCUT2D eigenvalue weighted by molar-refractivity contribution is 6.17. The first-order valence-electron chi connectivity index (χ1n) is 3.17. The van der Waals surface area contributed by atoms with Crippen LogP contribution in [-0.2, 0) is 0 Å². The maximum atomic E-state index is 5.48. The summed E-state index contributed by atoms with van der Waals surface area (Å²) in [4.78, 5) is 0. The fourth-order valence-electron chi connectivity index (χ4n) is 0.844. The Balaban J connectivity index is 2.11. The van der Waals surface area contributed by atoms with Gasteiger partial charge in [-0.2, -0.15) is 0 Å². The van der Waals surface area contributed by atoms with Crippen LogP contribution in [0.4, 0.5) is 0 Å². The van der Waals surface area contributed by atoms with E-state index in [0.29, 0.717) is 0 Å². The van der Waals surface area contributed by atoms with E-state index in [2.05, 4.69) is 6.08 Å². The van der Waals surface area contributed by atoms with Crippen LogP contribution in [0.25, 0.3) is 0 Å². The Hall–Kier alpha value is 0.0300. The SMILES string of the molecule is ClCCC=C1CCC1. The zero-order valence-corrected chi connectivity index (χ0v) is 5.75. The molecule has 1 aliphatic rings.